The van der Waals surface area contributed by atoms with Gasteiger partial charge in [-0.05, 0) is 31.2 Å². The van der Waals surface area contributed by atoms with Crippen molar-refractivity contribution in [1.29, 1.82) is 0 Å². The first-order valence-electron chi connectivity index (χ1n) is 4.51. The molecule has 0 atom stereocenters. The van der Waals surface area contributed by atoms with Gasteiger partial charge in [0.25, 0.3) is 0 Å². The lowest BCUT2D eigenvalue weighted by Crippen LogP contribution is -1.82. The van der Waals surface area contributed by atoms with Gasteiger partial charge in [0.15, 0.2) is 0 Å². The maximum Gasteiger partial charge on any atom is 0.101 e. The second kappa shape index (κ2) is 4.29. The van der Waals surface area contributed by atoms with E-state index in [0.29, 0.717) is 0 Å². The van der Waals surface area contributed by atoms with E-state index in [4.69, 9.17) is 0 Å². The van der Waals surface area contributed by atoms with Gasteiger partial charge in [0, 0.05) is 10.6 Å². The minimum absolute atomic E-state index is 1.05. The second-order valence-corrected chi connectivity index (χ2v) is 4.13. The van der Waals surface area contributed by atoms with Crippen LogP contribution in [-0.2, 0) is 0 Å². The van der Waals surface area contributed by atoms with E-state index in [2.05, 4.69) is 17.1 Å². The molecule has 0 fully saturated rings. The van der Waals surface area contributed by atoms with Gasteiger partial charge < -0.3 is 0 Å². The Morgan fingerprint density at radius 2 is 1.71 bits per heavy atom. The number of aromatic nitrogens is 1. The van der Waals surface area contributed by atoms with Gasteiger partial charge in [-0.2, -0.15) is 0 Å². The largest absolute Gasteiger partial charge is 0.246 e. The van der Waals surface area contributed by atoms with Crippen molar-refractivity contribution >= 4 is 11.8 Å². The Morgan fingerprint density at radius 1 is 0.929 bits per heavy atom. The van der Waals surface area contributed by atoms with Crippen LogP contribution in [-0.4, -0.2) is 4.98 Å². The number of pyridine rings is 1. The Bertz CT molecular complexity index is 412. The predicted molar refractivity (Wildman–Crippen MR) is 59.5 cm³/mol. The summed E-state index contributed by atoms with van der Waals surface area (Å²) in [5.74, 6) is 0. The molecule has 0 bridgehead atoms. The molecule has 0 spiro atoms. The number of rotatable bonds is 2. The predicted octanol–water partition coefficient (Wildman–Crippen LogP) is 3.54. The van der Waals surface area contributed by atoms with Crippen molar-refractivity contribution in [2.24, 2.45) is 0 Å². The van der Waals surface area contributed by atoms with Crippen LogP contribution < -0.4 is 0 Å². The SMILES string of the molecule is Cc1cccc(Sc2ccccc2)n1. The van der Waals surface area contributed by atoms with Gasteiger partial charge in [-0.25, -0.2) is 4.98 Å². The first-order valence-corrected chi connectivity index (χ1v) is 5.33. The molecule has 2 aromatic rings. The number of nitrogens with zero attached hydrogens (tertiary/aromatic N) is 1. The van der Waals surface area contributed by atoms with Crippen LogP contribution in [0.2, 0.25) is 0 Å². The zero-order valence-corrected chi connectivity index (χ0v) is 8.79. The Kier molecular flexibility index (Phi) is 2.84. The molecule has 0 unspecified atom stereocenters. The highest BCUT2D eigenvalue weighted by molar-refractivity contribution is 7.99. The van der Waals surface area contributed by atoms with Crippen molar-refractivity contribution in [1.82, 2.24) is 4.98 Å². The summed E-state index contributed by atoms with van der Waals surface area (Å²) in [7, 11) is 0. The highest BCUT2D eigenvalue weighted by Crippen LogP contribution is 2.25. The van der Waals surface area contributed by atoms with E-state index in [9.17, 15) is 0 Å². The second-order valence-electron chi connectivity index (χ2n) is 3.03. The zero-order valence-electron chi connectivity index (χ0n) is 7.97. The van der Waals surface area contributed by atoms with Gasteiger partial charge in [-0.3, -0.25) is 0 Å². The molecule has 1 heterocycles. The summed E-state index contributed by atoms with van der Waals surface area (Å²) in [5, 5.41) is 1.05. The first kappa shape index (κ1) is 9.28. The Hall–Kier alpha value is -1.28. The summed E-state index contributed by atoms with van der Waals surface area (Å²) in [6, 6.07) is 16.4. The molecule has 1 aromatic carbocycles. The highest BCUT2D eigenvalue weighted by atomic mass is 32.2. The number of hydrogen-bond acceptors (Lipinski definition) is 2. The van der Waals surface area contributed by atoms with Crippen LogP contribution in [0, 0.1) is 6.92 Å². The molecule has 2 rings (SSSR count). The average Bonchev–Trinajstić information content (AvgIpc) is 2.19. The Balaban J connectivity index is 2.19. The summed E-state index contributed by atoms with van der Waals surface area (Å²) in [4.78, 5) is 5.66. The molecule has 0 saturated heterocycles. The quantitative estimate of drug-likeness (QED) is 0.737. The van der Waals surface area contributed by atoms with Crippen LogP contribution >= 0.6 is 11.8 Å². The third-order valence-corrected chi connectivity index (χ3v) is 2.77. The van der Waals surface area contributed by atoms with E-state index in [1.165, 1.54) is 4.90 Å². The highest BCUT2D eigenvalue weighted by Gasteiger charge is 1.97. The van der Waals surface area contributed by atoms with Crippen molar-refractivity contribution in [3.05, 3.63) is 54.2 Å². The summed E-state index contributed by atoms with van der Waals surface area (Å²) in [5.41, 5.74) is 1.06. The molecule has 1 aromatic heterocycles. The van der Waals surface area contributed by atoms with E-state index in [1.54, 1.807) is 11.8 Å². The lowest BCUT2D eigenvalue weighted by Gasteiger charge is -2.00. The number of benzene rings is 1. The molecular weight excluding hydrogens is 190 g/mol. The molecule has 0 amide bonds. The summed E-state index contributed by atoms with van der Waals surface area (Å²) < 4.78 is 0. The molecule has 14 heavy (non-hydrogen) atoms. The van der Waals surface area contributed by atoms with Crippen molar-refractivity contribution in [2.45, 2.75) is 16.8 Å². The van der Waals surface area contributed by atoms with Gasteiger partial charge in [-0.1, -0.05) is 36.0 Å². The summed E-state index contributed by atoms with van der Waals surface area (Å²) >= 11 is 1.69. The third kappa shape index (κ3) is 2.36. The molecule has 0 N–H and O–H groups in total. The molecule has 0 saturated carbocycles. The normalized spacial score (nSPS) is 10.1. The van der Waals surface area contributed by atoms with Crippen molar-refractivity contribution in [2.75, 3.05) is 0 Å². The van der Waals surface area contributed by atoms with E-state index < -0.39 is 0 Å². The Morgan fingerprint density at radius 3 is 2.43 bits per heavy atom. The fourth-order valence-corrected chi connectivity index (χ4v) is 2.06. The van der Waals surface area contributed by atoms with Crippen molar-refractivity contribution < 1.29 is 0 Å². The van der Waals surface area contributed by atoms with Crippen LogP contribution in [0.3, 0.4) is 0 Å². The van der Waals surface area contributed by atoms with Crippen LogP contribution in [0.1, 0.15) is 5.69 Å². The smallest absolute Gasteiger partial charge is 0.101 e. The Labute approximate surface area is 88.2 Å². The molecule has 70 valence electrons. The third-order valence-electron chi connectivity index (χ3n) is 1.83. The standard InChI is InChI=1S/C12H11NS/c1-10-6-5-9-12(13-10)14-11-7-3-2-4-8-11/h2-9H,1H3. The average molecular weight is 201 g/mol. The maximum atomic E-state index is 4.43. The maximum absolute atomic E-state index is 4.43. The lowest BCUT2D eigenvalue weighted by molar-refractivity contribution is 1.06. The van der Waals surface area contributed by atoms with Crippen molar-refractivity contribution in [3.8, 4) is 0 Å². The van der Waals surface area contributed by atoms with Crippen LogP contribution in [0.4, 0.5) is 0 Å². The topological polar surface area (TPSA) is 12.9 Å². The van der Waals surface area contributed by atoms with Gasteiger partial charge >= 0.3 is 0 Å². The van der Waals surface area contributed by atoms with Crippen LogP contribution in [0.5, 0.6) is 0 Å². The summed E-state index contributed by atoms with van der Waals surface area (Å²) in [6.45, 7) is 2.01. The summed E-state index contributed by atoms with van der Waals surface area (Å²) in [6.07, 6.45) is 0. The van der Waals surface area contributed by atoms with E-state index in [-0.39, 0.29) is 0 Å². The lowest BCUT2D eigenvalue weighted by atomic mass is 10.4. The van der Waals surface area contributed by atoms with Crippen LogP contribution in [0.15, 0.2) is 58.5 Å². The first-order chi connectivity index (χ1) is 6.84. The van der Waals surface area contributed by atoms with Gasteiger partial charge in [-0.15, -0.1) is 0 Å². The minimum atomic E-state index is 1.05. The van der Waals surface area contributed by atoms with E-state index in [1.807, 2.05) is 43.3 Å². The molecule has 1 nitrogen and oxygen atoms in total. The fraction of sp³-hybridized carbons (Fsp3) is 0.0833. The number of hydrogen-bond donors (Lipinski definition) is 0. The minimum Gasteiger partial charge on any atom is -0.246 e. The van der Waals surface area contributed by atoms with Gasteiger partial charge in [0.05, 0.1) is 0 Å². The monoisotopic (exact) mass is 201 g/mol. The van der Waals surface area contributed by atoms with Crippen molar-refractivity contribution in [3.63, 3.8) is 0 Å². The molecule has 0 aliphatic carbocycles. The van der Waals surface area contributed by atoms with E-state index in [0.717, 1.165) is 10.7 Å². The molecule has 0 aliphatic rings. The van der Waals surface area contributed by atoms with Crippen LogP contribution in [0.25, 0.3) is 0 Å². The molecule has 0 radical (unpaired) electrons. The fourth-order valence-electron chi connectivity index (χ4n) is 1.18. The molecular formula is C12H11NS. The van der Waals surface area contributed by atoms with E-state index >= 15 is 0 Å². The zero-order chi connectivity index (χ0) is 9.80. The van der Waals surface area contributed by atoms with Gasteiger partial charge in [0.2, 0.25) is 0 Å². The van der Waals surface area contributed by atoms with Gasteiger partial charge in [0.1, 0.15) is 5.03 Å². The number of aryl methyl sites for hydroxylation is 1. The molecule has 0 aliphatic heterocycles. The molecule has 2 heteroatoms.